The van der Waals surface area contributed by atoms with Crippen LogP contribution in [0.3, 0.4) is 0 Å². The van der Waals surface area contributed by atoms with E-state index >= 15 is 0 Å². The first-order chi connectivity index (χ1) is 9.20. The predicted molar refractivity (Wildman–Crippen MR) is 75.7 cm³/mol. The molecule has 0 bridgehead atoms. The molecule has 2 rings (SSSR count). The van der Waals surface area contributed by atoms with Crippen molar-refractivity contribution in [2.75, 3.05) is 38.3 Å². The summed E-state index contributed by atoms with van der Waals surface area (Å²) >= 11 is 0. The van der Waals surface area contributed by atoms with Gasteiger partial charge in [0.2, 0.25) is 0 Å². The first-order valence-electron chi connectivity index (χ1n) is 6.82. The molecule has 1 aromatic carbocycles. The molecule has 0 saturated carbocycles. The van der Waals surface area contributed by atoms with Crippen molar-refractivity contribution in [2.24, 2.45) is 0 Å². The van der Waals surface area contributed by atoms with Gasteiger partial charge in [-0.15, -0.1) is 0 Å². The molecule has 1 aromatic rings. The highest BCUT2D eigenvalue weighted by Gasteiger charge is 2.21. The second-order valence-corrected chi connectivity index (χ2v) is 5.08. The Bertz CT molecular complexity index is 397. The molecule has 4 heteroatoms. The lowest BCUT2D eigenvalue weighted by molar-refractivity contribution is -0.0294. The highest BCUT2D eigenvalue weighted by molar-refractivity contribution is 5.57. The van der Waals surface area contributed by atoms with Gasteiger partial charge in [-0.05, 0) is 25.0 Å². The maximum Gasteiger partial charge on any atom is 0.0948 e. The minimum atomic E-state index is -0.467. The Morgan fingerprint density at radius 1 is 1.32 bits per heavy atom. The fraction of sp³-hybridized carbons (Fsp3) is 0.600. The number of hydrogen-bond acceptors (Lipinski definition) is 4. The normalized spacial score (nSPS) is 17.3. The summed E-state index contributed by atoms with van der Waals surface area (Å²) in [6.45, 7) is 4.45. The van der Waals surface area contributed by atoms with E-state index in [0.717, 1.165) is 13.0 Å². The molecule has 1 heterocycles. The van der Waals surface area contributed by atoms with Crippen LogP contribution in [0.5, 0.6) is 0 Å². The van der Waals surface area contributed by atoms with Crippen molar-refractivity contribution in [1.82, 2.24) is 0 Å². The first kappa shape index (κ1) is 14.3. The summed E-state index contributed by atoms with van der Waals surface area (Å²) < 4.78 is 10.5. The molecule has 106 valence electrons. The van der Waals surface area contributed by atoms with E-state index in [4.69, 9.17) is 9.47 Å². The van der Waals surface area contributed by atoms with Gasteiger partial charge >= 0.3 is 0 Å². The topological polar surface area (TPSA) is 41.9 Å². The van der Waals surface area contributed by atoms with Gasteiger partial charge in [-0.2, -0.15) is 0 Å². The molecule has 4 nitrogen and oxygen atoms in total. The summed E-state index contributed by atoms with van der Waals surface area (Å²) in [6, 6.07) is 8.37. The van der Waals surface area contributed by atoms with Gasteiger partial charge < -0.3 is 19.5 Å². The van der Waals surface area contributed by atoms with E-state index in [2.05, 4.69) is 23.1 Å². The molecular formula is C15H23NO3. The molecule has 2 atom stereocenters. The second-order valence-electron chi connectivity index (χ2n) is 5.08. The molecule has 19 heavy (non-hydrogen) atoms. The largest absolute Gasteiger partial charge is 0.389 e. The molecule has 0 aliphatic carbocycles. The van der Waals surface area contributed by atoms with Gasteiger partial charge in [0.05, 0.1) is 25.4 Å². The highest BCUT2D eigenvalue weighted by atomic mass is 16.5. The number of benzene rings is 1. The fourth-order valence-electron chi connectivity index (χ4n) is 2.46. The molecule has 0 amide bonds. The molecule has 0 aromatic heterocycles. The first-order valence-corrected chi connectivity index (χ1v) is 6.82. The maximum atomic E-state index is 10.0. The van der Waals surface area contributed by atoms with Crippen LogP contribution in [0.25, 0.3) is 0 Å². The van der Waals surface area contributed by atoms with Crippen molar-refractivity contribution in [3.63, 3.8) is 0 Å². The zero-order valence-electron chi connectivity index (χ0n) is 11.7. The van der Waals surface area contributed by atoms with Crippen molar-refractivity contribution in [3.05, 3.63) is 29.8 Å². The third-order valence-electron chi connectivity index (χ3n) is 3.39. The molecule has 1 aliphatic rings. The number of β-amino-alcohol motifs (C(OH)–C–C–N with tert-alkyl or cyclic N) is 1. The zero-order chi connectivity index (χ0) is 13.7. The maximum absolute atomic E-state index is 10.0. The van der Waals surface area contributed by atoms with Gasteiger partial charge in [0, 0.05) is 25.9 Å². The number of hydrogen-bond donors (Lipinski definition) is 1. The van der Waals surface area contributed by atoms with Gasteiger partial charge in [-0.3, -0.25) is 0 Å². The average molecular weight is 265 g/mol. The Morgan fingerprint density at radius 2 is 2.11 bits per heavy atom. The van der Waals surface area contributed by atoms with E-state index in [9.17, 15) is 5.11 Å². The number of aliphatic hydroxyl groups is 1. The minimum Gasteiger partial charge on any atom is -0.389 e. The lowest BCUT2D eigenvalue weighted by Crippen LogP contribution is -2.35. The zero-order valence-corrected chi connectivity index (χ0v) is 11.7. The molecule has 0 saturated heterocycles. The second kappa shape index (κ2) is 6.89. The molecular weight excluding hydrogens is 242 g/mol. The number of anilines is 1. The SMILES string of the molecule is COCC(C)OCC(O)CN1CCc2ccccc21. The van der Waals surface area contributed by atoms with Crippen LogP contribution in [0.2, 0.25) is 0 Å². The van der Waals surface area contributed by atoms with Crippen molar-refractivity contribution >= 4 is 5.69 Å². The van der Waals surface area contributed by atoms with Crippen LogP contribution in [0.15, 0.2) is 24.3 Å². The Balaban J connectivity index is 1.79. The summed E-state index contributed by atoms with van der Waals surface area (Å²) in [5, 5.41) is 10.0. The van der Waals surface area contributed by atoms with Gasteiger partial charge in [0.25, 0.3) is 0 Å². The summed E-state index contributed by atoms with van der Waals surface area (Å²) in [5.74, 6) is 0. The van der Waals surface area contributed by atoms with E-state index in [1.165, 1.54) is 11.3 Å². The number of fused-ring (bicyclic) bond motifs is 1. The quantitative estimate of drug-likeness (QED) is 0.810. The van der Waals surface area contributed by atoms with E-state index in [1.54, 1.807) is 7.11 Å². The van der Waals surface area contributed by atoms with Gasteiger partial charge in [-0.25, -0.2) is 0 Å². The van der Waals surface area contributed by atoms with Gasteiger partial charge in [0.1, 0.15) is 0 Å². The summed E-state index contributed by atoms with van der Waals surface area (Å²) in [7, 11) is 1.65. The Labute approximate surface area is 114 Å². The van der Waals surface area contributed by atoms with Gasteiger partial charge in [-0.1, -0.05) is 18.2 Å². The molecule has 0 radical (unpaired) electrons. The lowest BCUT2D eigenvalue weighted by atomic mass is 10.2. The Hall–Kier alpha value is -1.10. The van der Waals surface area contributed by atoms with E-state index in [-0.39, 0.29) is 6.10 Å². The van der Waals surface area contributed by atoms with Crippen LogP contribution in [-0.2, 0) is 15.9 Å². The van der Waals surface area contributed by atoms with Crippen LogP contribution in [0.4, 0.5) is 5.69 Å². The van der Waals surface area contributed by atoms with Crippen LogP contribution in [0, 0.1) is 0 Å². The van der Waals surface area contributed by atoms with E-state index in [1.807, 2.05) is 13.0 Å². The number of aliphatic hydroxyl groups excluding tert-OH is 1. The van der Waals surface area contributed by atoms with Crippen molar-refractivity contribution in [1.29, 1.82) is 0 Å². The lowest BCUT2D eigenvalue weighted by Gasteiger charge is -2.23. The van der Waals surface area contributed by atoms with Crippen LogP contribution < -0.4 is 4.90 Å². The molecule has 1 N–H and O–H groups in total. The standard InChI is InChI=1S/C15H23NO3/c1-12(10-18-2)19-11-14(17)9-16-8-7-13-5-3-4-6-15(13)16/h3-6,12,14,17H,7-11H2,1-2H3. The average Bonchev–Trinajstić information content (AvgIpc) is 2.80. The van der Waals surface area contributed by atoms with Crippen molar-refractivity contribution in [3.8, 4) is 0 Å². The smallest absolute Gasteiger partial charge is 0.0948 e. The molecule has 0 fully saturated rings. The van der Waals surface area contributed by atoms with Crippen LogP contribution >= 0.6 is 0 Å². The fourth-order valence-corrected chi connectivity index (χ4v) is 2.46. The summed E-state index contributed by atoms with van der Waals surface area (Å²) in [5.41, 5.74) is 2.61. The predicted octanol–water partition coefficient (Wildman–Crippen LogP) is 1.46. The van der Waals surface area contributed by atoms with Crippen LogP contribution in [-0.4, -0.2) is 50.7 Å². The molecule has 1 aliphatic heterocycles. The van der Waals surface area contributed by atoms with E-state index < -0.39 is 6.10 Å². The Kier molecular flexibility index (Phi) is 5.19. The summed E-state index contributed by atoms with van der Waals surface area (Å²) in [6.07, 6.45) is 0.611. The molecule has 2 unspecified atom stereocenters. The monoisotopic (exact) mass is 265 g/mol. The number of ether oxygens (including phenoxy) is 2. The van der Waals surface area contributed by atoms with Crippen LogP contribution in [0.1, 0.15) is 12.5 Å². The number of para-hydroxylation sites is 1. The van der Waals surface area contributed by atoms with Crippen molar-refractivity contribution in [2.45, 2.75) is 25.6 Å². The summed E-state index contributed by atoms with van der Waals surface area (Å²) in [4.78, 5) is 2.23. The third-order valence-corrected chi connectivity index (χ3v) is 3.39. The Morgan fingerprint density at radius 3 is 2.89 bits per heavy atom. The third kappa shape index (κ3) is 3.93. The minimum absolute atomic E-state index is 0.0190. The highest BCUT2D eigenvalue weighted by Crippen LogP contribution is 2.27. The number of rotatable bonds is 7. The van der Waals surface area contributed by atoms with E-state index in [0.29, 0.717) is 19.8 Å². The van der Waals surface area contributed by atoms with Crippen molar-refractivity contribution < 1.29 is 14.6 Å². The number of methoxy groups -OCH3 is 1. The number of nitrogens with zero attached hydrogens (tertiary/aromatic N) is 1. The van der Waals surface area contributed by atoms with Gasteiger partial charge in [0.15, 0.2) is 0 Å². The molecule has 0 spiro atoms.